The van der Waals surface area contributed by atoms with Crippen molar-refractivity contribution >= 4 is 57.7 Å². The predicted molar refractivity (Wildman–Crippen MR) is 81.2 cm³/mol. The van der Waals surface area contributed by atoms with E-state index in [1.165, 1.54) is 12.1 Å². The summed E-state index contributed by atoms with van der Waals surface area (Å²) in [6.45, 7) is 0. The summed E-state index contributed by atoms with van der Waals surface area (Å²) in [5, 5.41) is 0.522. The first-order valence-corrected chi connectivity index (χ1v) is 9.35. The van der Waals surface area contributed by atoms with Crippen molar-refractivity contribution in [1.82, 2.24) is 4.98 Å². The summed E-state index contributed by atoms with van der Waals surface area (Å²) >= 11 is 1.03. The van der Waals surface area contributed by atoms with Crippen LogP contribution in [0.25, 0.3) is 21.0 Å². The fourth-order valence-corrected chi connectivity index (χ4v) is 4.33. The maximum absolute atomic E-state index is 11.5. The van der Waals surface area contributed by atoms with E-state index in [2.05, 4.69) is 4.98 Å². The van der Waals surface area contributed by atoms with Gasteiger partial charge in [-0.05, 0) is 18.2 Å². The maximum atomic E-state index is 11.5. The van der Waals surface area contributed by atoms with Gasteiger partial charge in [-0.3, -0.25) is 9.11 Å². The second-order valence-corrected chi connectivity index (χ2v) is 8.27. The SMILES string of the molecule is Nc1nc2ccc3c(S(=O)(=O)O)cc(S(=O)(=O)O)cc3c2s1. The van der Waals surface area contributed by atoms with Crippen LogP contribution in [0.4, 0.5) is 5.13 Å². The van der Waals surface area contributed by atoms with Crippen molar-refractivity contribution in [2.24, 2.45) is 0 Å². The Kier molecular flexibility index (Phi) is 3.16. The zero-order chi connectivity index (χ0) is 16.3. The summed E-state index contributed by atoms with van der Waals surface area (Å²) in [6.07, 6.45) is 0. The molecule has 0 saturated carbocycles. The largest absolute Gasteiger partial charge is 0.375 e. The van der Waals surface area contributed by atoms with E-state index < -0.39 is 30.0 Å². The first-order chi connectivity index (χ1) is 10.1. The van der Waals surface area contributed by atoms with Crippen LogP contribution in [0.5, 0.6) is 0 Å². The third-order valence-corrected chi connectivity index (χ3v) is 5.67. The number of nitrogens with two attached hydrogens (primary N) is 1. The van der Waals surface area contributed by atoms with Gasteiger partial charge in [0.25, 0.3) is 20.2 Å². The van der Waals surface area contributed by atoms with Crippen LogP contribution in [0, 0.1) is 0 Å². The van der Waals surface area contributed by atoms with Gasteiger partial charge < -0.3 is 5.73 Å². The van der Waals surface area contributed by atoms with Crippen LogP contribution in [-0.2, 0) is 20.2 Å². The third-order valence-electron chi connectivity index (χ3n) is 3.01. The molecule has 8 nitrogen and oxygen atoms in total. The molecule has 0 bridgehead atoms. The lowest BCUT2D eigenvalue weighted by molar-refractivity contribution is 0.482. The number of nitrogen functional groups attached to an aromatic ring is 1. The Morgan fingerprint density at radius 1 is 1.00 bits per heavy atom. The Bertz CT molecular complexity index is 1130. The minimum absolute atomic E-state index is 0.103. The van der Waals surface area contributed by atoms with Crippen LogP contribution in [0.3, 0.4) is 0 Å². The molecule has 3 aromatic rings. The number of anilines is 1. The topological polar surface area (TPSA) is 148 Å². The standard InChI is InChI=1S/C11H8N2O6S3/c12-11-13-8-2-1-6-7(10(8)20-11)3-5(21(14,15)16)4-9(6)22(17,18)19/h1-4H,(H2,12,13)(H,14,15,16)(H,17,18,19). The Hall–Kier alpha value is -1.79. The zero-order valence-corrected chi connectivity index (χ0v) is 13.0. The van der Waals surface area contributed by atoms with Crippen molar-refractivity contribution in [2.75, 3.05) is 5.73 Å². The molecule has 11 heteroatoms. The van der Waals surface area contributed by atoms with E-state index in [0.29, 0.717) is 16.3 Å². The lowest BCUT2D eigenvalue weighted by Crippen LogP contribution is -2.04. The number of thiazole rings is 1. The monoisotopic (exact) mass is 360 g/mol. The molecular formula is C11H8N2O6S3. The summed E-state index contributed by atoms with van der Waals surface area (Å²) in [4.78, 5) is 2.75. The number of aromatic nitrogens is 1. The molecule has 22 heavy (non-hydrogen) atoms. The number of hydrogen-bond donors (Lipinski definition) is 3. The van der Waals surface area contributed by atoms with Crippen molar-refractivity contribution in [3.05, 3.63) is 24.3 Å². The fourth-order valence-electron chi connectivity index (χ4n) is 2.14. The molecule has 3 rings (SSSR count). The van der Waals surface area contributed by atoms with E-state index in [-0.39, 0.29) is 15.9 Å². The second-order valence-electron chi connectivity index (χ2n) is 4.43. The normalized spacial score (nSPS) is 13.0. The number of rotatable bonds is 2. The van der Waals surface area contributed by atoms with Crippen LogP contribution in [-0.4, -0.2) is 30.9 Å². The molecule has 0 saturated heterocycles. The van der Waals surface area contributed by atoms with E-state index >= 15 is 0 Å². The van der Waals surface area contributed by atoms with Crippen molar-refractivity contribution in [3.8, 4) is 0 Å². The molecule has 4 N–H and O–H groups in total. The van der Waals surface area contributed by atoms with Crippen molar-refractivity contribution in [2.45, 2.75) is 9.79 Å². The minimum atomic E-state index is -4.70. The van der Waals surface area contributed by atoms with Crippen LogP contribution in [0.1, 0.15) is 0 Å². The molecule has 0 atom stereocenters. The number of nitrogens with zero attached hydrogens (tertiary/aromatic N) is 1. The number of hydrogen-bond acceptors (Lipinski definition) is 7. The smallest absolute Gasteiger partial charge is 0.295 e. The first kappa shape index (κ1) is 15.1. The Morgan fingerprint density at radius 3 is 2.27 bits per heavy atom. The van der Waals surface area contributed by atoms with Crippen LogP contribution in [0.15, 0.2) is 34.1 Å². The second kappa shape index (κ2) is 4.60. The summed E-state index contributed by atoms with van der Waals surface area (Å²) in [5.74, 6) is 0. The highest BCUT2D eigenvalue weighted by Gasteiger charge is 2.22. The van der Waals surface area contributed by atoms with E-state index in [4.69, 9.17) is 5.73 Å². The van der Waals surface area contributed by atoms with Gasteiger partial charge in [0.05, 0.1) is 15.1 Å². The number of benzene rings is 2. The summed E-state index contributed by atoms with van der Waals surface area (Å²) in [7, 11) is -9.36. The molecule has 0 unspecified atom stereocenters. The van der Waals surface area contributed by atoms with Gasteiger partial charge in [-0.15, -0.1) is 0 Å². The molecule has 1 aromatic heterocycles. The molecule has 0 aliphatic rings. The van der Waals surface area contributed by atoms with E-state index in [0.717, 1.165) is 17.4 Å². The lowest BCUT2D eigenvalue weighted by atomic mass is 10.1. The average Bonchev–Trinajstić information content (AvgIpc) is 2.75. The van der Waals surface area contributed by atoms with Crippen molar-refractivity contribution in [3.63, 3.8) is 0 Å². The molecule has 0 aliphatic carbocycles. The minimum Gasteiger partial charge on any atom is -0.375 e. The van der Waals surface area contributed by atoms with E-state index in [9.17, 15) is 25.9 Å². The highest BCUT2D eigenvalue weighted by molar-refractivity contribution is 7.86. The summed E-state index contributed by atoms with van der Waals surface area (Å²) in [5.41, 5.74) is 6.05. The van der Waals surface area contributed by atoms with Gasteiger partial charge in [0.2, 0.25) is 0 Å². The van der Waals surface area contributed by atoms with Crippen molar-refractivity contribution < 1.29 is 25.9 Å². The van der Waals surface area contributed by atoms with E-state index in [1.807, 2.05) is 0 Å². The maximum Gasteiger partial charge on any atom is 0.295 e. The quantitative estimate of drug-likeness (QED) is 0.583. The highest BCUT2D eigenvalue weighted by Crippen LogP contribution is 2.36. The zero-order valence-electron chi connectivity index (χ0n) is 10.6. The summed E-state index contributed by atoms with van der Waals surface area (Å²) < 4.78 is 64.6. The summed E-state index contributed by atoms with van der Waals surface area (Å²) in [6, 6.07) is 4.70. The van der Waals surface area contributed by atoms with E-state index in [1.54, 1.807) is 0 Å². The third kappa shape index (κ3) is 2.42. The van der Waals surface area contributed by atoms with Gasteiger partial charge in [0.15, 0.2) is 5.13 Å². The molecule has 0 amide bonds. The number of fused-ring (bicyclic) bond motifs is 3. The molecule has 0 fully saturated rings. The van der Waals surface area contributed by atoms with Gasteiger partial charge in [-0.1, -0.05) is 17.4 Å². The molecule has 116 valence electrons. The van der Waals surface area contributed by atoms with Gasteiger partial charge in [0.1, 0.15) is 4.90 Å². The van der Waals surface area contributed by atoms with Crippen LogP contribution >= 0.6 is 11.3 Å². The van der Waals surface area contributed by atoms with Gasteiger partial charge in [0, 0.05) is 10.8 Å². The first-order valence-electron chi connectivity index (χ1n) is 5.65. The van der Waals surface area contributed by atoms with Crippen molar-refractivity contribution in [1.29, 1.82) is 0 Å². The van der Waals surface area contributed by atoms with Gasteiger partial charge >= 0.3 is 0 Å². The van der Waals surface area contributed by atoms with Crippen LogP contribution < -0.4 is 5.73 Å². The Morgan fingerprint density at radius 2 is 1.68 bits per heavy atom. The predicted octanol–water partition coefficient (Wildman–Crippen LogP) is 1.53. The lowest BCUT2D eigenvalue weighted by Gasteiger charge is -2.07. The molecule has 0 radical (unpaired) electrons. The molecule has 1 heterocycles. The van der Waals surface area contributed by atoms with Gasteiger partial charge in [-0.25, -0.2) is 4.98 Å². The average molecular weight is 360 g/mol. The molecule has 0 aliphatic heterocycles. The molecular weight excluding hydrogens is 352 g/mol. The van der Waals surface area contributed by atoms with Crippen LogP contribution in [0.2, 0.25) is 0 Å². The molecule has 0 spiro atoms. The fraction of sp³-hybridized carbons (Fsp3) is 0. The van der Waals surface area contributed by atoms with Gasteiger partial charge in [-0.2, -0.15) is 16.8 Å². The highest BCUT2D eigenvalue weighted by atomic mass is 32.2. The Balaban J connectivity index is 2.61. The molecule has 2 aromatic carbocycles. The Labute approximate surface area is 128 Å².